The van der Waals surface area contributed by atoms with Gasteiger partial charge in [0.05, 0.1) is 5.69 Å². The molecule has 0 spiro atoms. The Balaban J connectivity index is 2.42. The average Bonchev–Trinajstić information content (AvgIpc) is 2.79. The topological polar surface area (TPSA) is 35.9 Å². The highest BCUT2D eigenvalue weighted by atomic mass is 16.2. The van der Waals surface area contributed by atoms with Crippen LogP contribution in [0.5, 0.6) is 0 Å². The van der Waals surface area contributed by atoms with Gasteiger partial charge in [-0.1, -0.05) is 32.0 Å². The van der Waals surface area contributed by atoms with Crippen LogP contribution in [0.2, 0.25) is 0 Å². The molecule has 4 heteroatoms. The molecule has 1 aromatic rings. The van der Waals surface area contributed by atoms with Crippen LogP contribution in [-0.4, -0.2) is 35.9 Å². The maximum atomic E-state index is 12.7. The molecular weight excluding hydrogens is 250 g/mol. The van der Waals surface area contributed by atoms with Gasteiger partial charge in [-0.2, -0.15) is 0 Å². The number of guanidine groups is 1. The number of nitrogens with zero attached hydrogens (tertiary/aromatic N) is 3. The number of carbonyl (C=O) groups excluding carboxylic acids is 1. The zero-order valence-corrected chi connectivity index (χ0v) is 12.7. The lowest BCUT2D eigenvalue weighted by atomic mass is 10.0. The van der Waals surface area contributed by atoms with Crippen molar-refractivity contribution in [1.29, 1.82) is 0 Å². The predicted octanol–water partition coefficient (Wildman–Crippen LogP) is 2.76. The second-order valence-electron chi connectivity index (χ2n) is 5.30. The van der Waals surface area contributed by atoms with Gasteiger partial charge in [0.15, 0.2) is 0 Å². The summed E-state index contributed by atoms with van der Waals surface area (Å²) in [5, 5.41) is 0. The Bertz CT molecular complexity index is 492. The van der Waals surface area contributed by atoms with E-state index in [0.29, 0.717) is 0 Å². The summed E-state index contributed by atoms with van der Waals surface area (Å²) in [4.78, 5) is 21.3. The number of aliphatic imine (C=N–C) groups is 1. The lowest BCUT2D eigenvalue weighted by Gasteiger charge is -2.27. The summed E-state index contributed by atoms with van der Waals surface area (Å²) in [6.07, 6.45) is 0. The van der Waals surface area contributed by atoms with Crippen molar-refractivity contribution in [1.82, 2.24) is 4.90 Å². The molecule has 0 bridgehead atoms. The lowest BCUT2D eigenvalue weighted by molar-refractivity contribution is -0.119. The summed E-state index contributed by atoms with van der Waals surface area (Å²) in [6, 6.07) is 9.50. The Morgan fingerprint density at radius 2 is 1.80 bits per heavy atom. The monoisotopic (exact) mass is 273 g/mol. The van der Waals surface area contributed by atoms with Gasteiger partial charge >= 0.3 is 0 Å². The van der Waals surface area contributed by atoms with Gasteiger partial charge in [0.25, 0.3) is 5.91 Å². The maximum absolute atomic E-state index is 12.7. The molecule has 20 heavy (non-hydrogen) atoms. The van der Waals surface area contributed by atoms with Crippen molar-refractivity contribution >= 4 is 17.6 Å². The number of para-hydroxylation sites is 1. The second-order valence-corrected chi connectivity index (χ2v) is 5.30. The lowest BCUT2D eigenvalue weighted by Crippen LogP contribution is -2.45. The molecule has 0 saturated heterocycles. The maximum Gasteiger partial charge on any atom is 0.259 e. The molecule has 1 amide bonds. The number of rotatable bonds is 4. The molecule has 2 rings (SSSR count). The highest BCUT2D eigenvalue weighted by molar-refractivity contribution is 6.22. The molecule has 1 atom stereocenters. The molecular formula is C16H23N3O. The van der Waals surface area contributed by atoms with E-state index in [1.807, 2.05) is 44.2 Å². The molecule has 0 aliphatic carbocycles. The van der Waals surface area contributed by atoms with Gasteiger partial charge in [0, 0.05) is 13.1 Å². The minimum absolute atomic E-state index is 0.0769. The molecule has 0 N–H and O–H groups in total. The van der Waals surface area contributed by atoms with E-state index in [0.717, 1.165) is 24.7 Å². The summed E-state index contributed by atoms with van der Waals surface area (Å²) in [6.45, 7) is 9.94. The van der Waals surface area contributed by atoms with Crippen LogP contribution in [-0.2, 0) is 4.79 Å². The first-order valence-corrected chi connectivity index (χ1v) is 7.31. The zero-order chi connectivity index (χ0) is 14.7. The van der Waals surface area contributed by atoms with Gasteiger partial charge in [0.1, 0.15) is 6.04 Å². The summed E-state index contributed by atoms with van der Waals surface area (Å²) in [5.74, 6) is 1.07. The SMILES string of the molecule is CCN(CC)C1=NC(C(C)C)C(=O)N1c1ccccc1. The van der Waals surface area contributed by atoms with Crippen molar-refractivity contribution in [3.63, 3.8) is 0 Å². The number of hydrogen-bond acceptors (Lipinski definition) is 3. The smallest absolute Gasteiger partial charge is 0.259 e. The first kappa shape index (κ1) is 14.6. The second kappa shape index (κ2) is 6.07. The van der Waals surface area contributed by atoms with Crippen molar-refractivity contribution in [2.75, 3.05) is 18.0 Å². The average molecular weight is 273 g/mol. The van der Waals surface area contributed by atoms with Gasteiger partial charge in [-0.05, 0) is 31.9 Å². The number of anilines is 1. The third kappa shape index (κ3) is 2.55. The van der Waals surface area contributed by atoms with Crippen molar-refractivity contribution in [2.45, 2.75) is 33.7 Å². The first-order valence-electron chi connectivity index (χ1n) is 7.31. The fourth-order valence-electron chi connectivity index (χ4n) is 2.45. The van der Waals surface area contributed by atoms with Crippen LogP contribution in [0.1, 0.15) is 27.7 Å². The number of hydrogen-bond donors (Lipinski definition) is 0. The van der Waals surface area contributed by atoms with E-state index in [1.165, 1.54) is 0 Å². The van der Waals surface area contributed by atoms with Crippen LogP contribution in [0.4, 0.5) is 5.69 Å². The number of amides is 1. The fraction of sp³-hybridized carbons (Fsp3) is 0.500. The van der Waals surface area contributed by atoms with Gasteiger partial charge in [-0.25, -0.2) is 9.89 Å². The number of carbonyl (C=O) groups is 1. The molecule has 1 aliphatic rings. The Hall–Kier alpha value is -1.84. The van der Waals surface area contributed by atoms with E-state index in [-0.39, 0.29) is 17.9 Å². The molecule has 0 aromatic heterocycles. The van der Waals surface area contributed by atoms with E-state index >= 15 is 0 Å². The molecule has 1 unspecified atom stereocenters. The van der Waals surface area contributed by atoms with Gasteiger partial charge in [-0.15, -0.1) is 0 Å². The quantitative estimate of drug-likeness (QED) is 0.845. The third-order valence-electron chi connectivity index (χ3n) is 3.62. The Kier molecular flexibility index (Phi) is 4.42. The van der Waals surface area contributed by atoms with Crippen molar-refractivity contribution in [2.24, 2.45) is 10.9 Å². The highest BCUT2D eigenvalue weighted by Gasteiger charge is 2.38. The zero-order valence-electron chi connectivity index (χ0n) is 12.7. The van der Waals surface area contributed by atoms with E-state index < -0.39 is 0 Å². The molecule has 108 valence electrons. The minimum Gasteiger partial charge on any atom is -0.343 e. The van der Waals surface area contributed by atoms with Crippen LogP contribution < -0.4 is 4.90 Å². The van der Waals surface area contributed by atoms with Gasteiger partial charge in [-0.3, -0.25) is 4.79 Å². The fourth-order valence-corrected chi connectivity index (χ4v) is 2.45. The minimum atomic E-state index is -0.272. The van der Waals surface area contributed by atoms with Crippen molar-refractivity contribution in [3.05, 3.63) is 30.3 Å². The van der Waals surface area contributed by atoms with Crippen LogP contribution in [0, 0.1) is 5.92 Å². The summed E-state index contributed by atoms with van der Waals surface area (Å²) in [5.41, 5.74) is 0.895. The van der Waals surface area contributed by atoms with Crippen LogP contribution in [0.15, 0.2) is 35.3 Å². The van der Waals surface area contributed by atoms with Crippen LogP contribution in [0.25, 0.3) is 0 Å². The van der Waals surface area contributed by atoms with Crippen LogP contribution >= 0.6 is 0 Å². The van der Waals surface area contributed by atoms with Crippen molar-refractivity contribution < 1.29 is 4.79 Å². The van der Waals surface area contributed by atoms with Gasteiger partial charge < -0.3 is 4.90 Å². The third-order valence-corrected chi connectivity index (χ3v) is 3.62. The Labute approximate surface area is 121 Å². The molecule has 1 aliphatic heterocycles. The van der Waals surface area contributed by atoms with E-state index in [4.69, 9.17) is 0 Å². The predicted molar refractivity (Wildman–Crippen MR) is 82.9 cm³/mol. The van der Waals surface area contributed by atoms with E-state index in [2.05, 4.69) is 23.7 Å². The Morgan fingerprint density at radius 3 is 2.30 bits per heavy atom. The number of benzene rings is 1. The van der Waals surface area contributed by atoms with Gasteiger partial charge in [0.2, 0.25) is 5.96 Å². The standard InChI is InChI=1S/C16H23N3O/c1-5-18(6-2)16-17-14(12(3)4)15(20)19(16)13-10-8-7-9-11-13/h7-12,14H,5-6H2,1-4H3. The Morgan fingerprint density at radius 1 is 1.20 bits per heavy atom. The van der Waals surface area contributed by atoms with E-state index in [9.17, 15) is 4.79 Å². The summed E-state index contributed by atoms with van der Waals surface area (Å²) in [7, 11) is 0. The molecule has 4 nitrogen and oxygen atoms in total. The largest absolute Gasteiger partial charge is 0.343 e. The molecule has 1 heterocycles. The molecule has 1 aromatic carbocycles. The molecule has 0 radical (unpaired) electrons. The normalized spacial score (nSPS) is 18.6. The summed E-state index contributed by atoms with van der Waals surface area (Å²) >= 11 is 0. The summed E-state index contributed by atoms with van der Waals surface area (Å²) < 4.78 is 0. The first-order chi connectivity index (χ1) is 9.60. The highest BCUT2D eigenvalue weighted by Crippen LogP contribution is 2.26. The molecule has 0 saturated carbocycles. The van der Waals surface area contributed by atoms with Crippen LogP contribution in [0.3, 0.4) is 0 Å². The van der Waals surface area contributed by atoms with Crippen molar-refractivity contribution in [3.8, 4) is 0 Å². The molecule has 0 fully saturated rings. The van der Waals surface area contributed by atoms with E-state index in [1.54, 1.807) is 4.90 Å².